The minimum atomic E-state index is -0.692. The van der Waals surface area contributed by atoms with Crippen molar-refractivity contribution in [2.45, 2.75) is 44.9 Å². The number of ether oxygens (including phenoxy) is 2. The third kappa shape index (κ3) is 4.65. The molecule has 2 aliphatic rings. The first-order valence-electron chi connectivity index (χ1n) is 11.6. The van der Waals surface area contributed by atoms with Gasteiger partial charge in [0.15, 0.2) is 10.9 Å². The second kappa shape index (κ2) is 8.92. The second-order valence-corrected chi connectivity index (χ2v) is 10.3. The highest BCUT2D eigenvalue weighted by atomic mass is 35.5. The van der Waals surface area contributed by atoms with Gasteiger partial charge in [-0.2, -0.15) is 9.78 Å². The Balaban J connectivity index is 1.48. The molecular weight excluding hydrogens is 472 g/mol. The summed E-state index contributed by atoms with van der Waals surface area (Å²) in [5, 5.41) is 14.7. The van der Waals surface area contributed by atoms with Gasteiger partial charge in [0.25, 0.3) is 0 Å². The summed E-state index contributed by atoms with van der Waals surface area (Å²) < 4.78 is 12.0. The normalized spacial score (nSPS) is 20.8. The number of aliphatic hydroxyl groups is 1. The van der Waals surface area contributed by atoms with Crippen molar-refractivity contribution in [2.75, 3.05) is 38.2 Å². The number of pyridine rings is 2. The topological polar surface area (TPSA) is 106 Å². The van der Waals surface area contributed by atoms with E-state index in [9.17, 15) is 9.90 Å². The fourth-order valence-electron chi connectivity index (χ4n) is 4.72. The molecule has 2 atom stereocenters. The maximum absolute atomic E-state index is 12.9. The molecule has 3 aromatic rings. The summed E-state index contributed by atoms with van der Waals surface area (Å²) in [6.45, 7) is 8.71. The van der Waals surface area contributed by atoms with E-state index in [-0.39, 0.29) is 11.3 Å². The first-order valence-corrected chi connectivity index (χ1v) is 12.0. The van der Waals surface area contributed by atoms with Gasteiger partial charge in [-0.05, 0) is 39.3 Å². The Hall–Kier alpha value is -2.95. The lowest BCUT2D eigenvalue weighted by Crippen LogP contribution is -2.50. The van der Waals surface area contributed by atoms with E-state index in [0.717, 1.165) is 38.4 Å². The molecule has 2 aliphatic heterocycles. The van der Waals surface area contributed by atoms with E-state index in [1.165, 1.54) is 11.8 Å². The average molecular weight is 501 g/mol. The Morgan fingerprint density at radius 2 is 2.03 bits per heavy atom. The fourth-order valence-corrected chi connectivity index (χ4v) is 4.94. The van der Waals surface area contributed by atoms with Gasteiger partial charge >= 0.3 is 6.09 Å². The van der Waals surface area contributed by atoms with Crippen LogP contribution in [0.15, 0.2) is 24.4 Å². The molecular formula is C24H29ClN6O4. The number of fused-ring (bicyclic) bond motifs is 2. The van der Waals surface area contributed by atoms with E-state index in [1.807, 2.05) is 12.1 Å². The molecule has 2 fully saturated rings. The number of aliphatic hydroxyl groups excluding tert-OH is 1. The van der Waals surface area contributed by atoms with Crippen molar-refractivity contribution in [3.8, 4) is 17.0 Å². The maximum atomic E-state index is 12.9. The molecule has 0 unspecified atom stereocenters. The van der Waals surface area contributed by atoms with Gasteiger partial charge in [0.05, 0.1) is 13.2 Å². The van der Waals surface area contributed by atoms with E-state index in [4.69, 9.17) is 21.1 Å². The van der Waals surface area contributed by atoms with Crippen molar-refractivity contribution < 1.29 is 19.4 Å². The number of hydrogen-bond acceptors (Lipinski definition) is 9. The summed E-state index contributed by atoms with van der Waals surface area (Å²) in [6, 6.07) is 5.83. The van der Waals surface area contributed by atoms with E-state index >= 15 is 0 Å². The van der Waals surface area contributed by atoms with E-state index in [2.05, 4.69) is 24.9 Å². The van der Waals surface area contributed by atoms with Gasteiger partial charge in [0, 0.05) is 50.0 Å². The van der Waals surface area contributed by atoms with Crippen LogP contribution in [0.25, 0.3) is 22.3 Å². The van der Waals surface area contributed by atoms with Crippen LogP contribution in [0.4, 0.5) is 10.6 Å². The Bertz CT molecular complexity index is 1260. The van der Waals surface area contributed by atoms with Crippen LogP contribution < -0.4 is 9.64 Å². The first-order chi connectivity index (χ1) is 16.6. The Kier molecular flexibility index (Phi) is 6.06. The highest BCUT2D eigenvalue weighted by molar-refractivity contribution is 6.31. The van der Waals surface area contributed by atoms with Gasteiger partial charge < -0.3 is 19.5 Å². The van der Waals surface area contributed by atoms with Gasteiger partial charge in [-0.15, -0.1) is 0 Å². The lowest BCUT2D eigenvalue weighted by molar-refractivity contribution is 0.0523. The summed E-state index contributed by atoms with van der Waals surface area (Å²) >= 11 is 6.31. The summed E-state index contributed by atoms with van der Waals surface area (Å²) in [7, 11) is 1.48. The van der Waals surface area contributed by atoms with Crippen molar-refractivity contribution in [3.63, 3.8) is 0 Å². The molecule has 2 saturated heterocycles. The van der Waals surface area contributed by atoms with Crippen LogP contribution in [0.1, 0.15) is 27.2 Å². The van der Waals surface area contributed by atoms with Gasteiger partial charge in [0.2, 0.25) is 0 Å². The summed E-state index contributed by atoms with van der Waals surface area (Å²) in [4.78, 5) is 26.6. The van der Waals surface area contributed by atoms with E-state index < -0.39 is 11.7 Å². The number of aromatic nitrogens is 4. The molecule has 11 heteroatoms. The zero-order chi connectivity index (χ0) is 24.9. The number of halogens is 1. The number of carbonyl (C=O) groups excluding carboxylic acids is 1. The lowest BCUT2D eigenvalue weighted by Gasteiger charge is -2.37. The molecule has 5 heterocycles. The zero-order valence-electron chi connectivity index (χ0n) is 20.2. The van der Waals surface area contributed by atoms with E-state index in [1.54, 1.807) is 33.0 Å². The molecule has 186 valence electrons. The van der Waals surface area contributed by atoms with Crippen LogP contribution in [-0.4, -0.2) is 86.9 Å². The molecule has 35 heavy (non-hydrogen) atoms. The van der Waals surface area contributed by atoms with Crippen molar-refractivity contribution in [3.05, 3.63) is 29.5 Å². The molecule has 3 aromatic heterocycles. The standard InChI is InChI=1S/C24H29ClN6O4/c1-24(2,3)35-23(33)31-17-10-18(34-4)22(25)27-21(17)20(28-31)14-5-6-19(26-11-14)30-8-7-29-13-16(32)9-15(29)12-30/h5-6,10-11,15-16,32H,7-9,12-13H2,1-4H3/t15-,16+/m0/s1. The third-order valence-corrected chi connectivity index (χ3v) is 6.57. The van der Waals surface area contributed by atoms with Crippen LogP contribution in [0.5, 0.6) is 5.75 Å². The Labute approximate surface area is 208 Å². The number of rotatable bonds is 3. The zero-order valence-corrected chi connectivity index (χ0v) is 21.0. The molecule has 10 nitrogen and oxygen atoms in total. The third-order valence-electron chi connectivity index (χ3n) is 6.30. The number of nitrogens with zero attached hydrogens (tertiary/aromatic N) is 6. The first kappa shape index (κ1) is 23.8. The predicted molar refractivity (Wildman–Crippen MR) is 132 cm³/mol. The molecule has 5 rings (SSSR count). The quantitative estimate of drug-likeness (QED) is 0.542. The molecule has 0 aliphatic carbocycles. The molecule has 0 bridgehead atoms. The SMILES string of the molecule is COc1cc2c(nc1Cl)c(-c1ccc(N3CCN4C[C@H](O)C[C@H]4C3)nc1)nn2C(=O)OC(C)(C)C. The van der Waals surface area contributed by atoms with Crippen molar-refractivity contribution in [1.29, 1.82) is 0 Å². The Morgan fingerprint density at radius 3 is 2.71 bits per heavy atom. The van der Waals surface area contributed by atoms with Gasteiger partial charge in [-0.25, -0.2) is 14.8 Å². The highest BCUT2D eigenvalue weighted by Crippen LogP contribution is 2.34. The minimum Gasteiger partial charge on any atom is -0.493 e. The molecule has 0 amide bonds. The van der Waals surface area contributed by atoms with Crippen LogP contribution in [0, 0.1) is 0 Å². The number of anilines is 1. The van der Waals surface area contributed by atoms with Gasteiger partial charge in [-0.1, -0.05) is 11.6 Å². The summed E-state index contributed by atoms with van der Waals surface area (Å²) in [5.41, 5.74) is 1.35. The Morgan fingerprint density at radius 1 is 1.23 bits per heavy atom. The molecule has 0 aromatic carbocycles. The van der Waals surface area contributed by atoms with Crippen molar-refractivity contribution in [2.24, 2.45) is 0 Å². The minimum absolute atomic E-state index is 0.172. The average Bonchev–Trinajstić information content (AvgIpc) is 3.36. The largest absolute Gasteiger partial charge is 0.493 e. The summed E-state index contributed by atoms with van der Waals surface area (Å²) in [5.74, 6) is 1.19. The van der Waals surface area contributed by atoms with E-state index in [0.29, 0.717) is 34.1 Å². The number of carbonyl (C=O) groups is 1. The maximum Gasteiger partial charge on any atom is 0.435 e. The smallest absolute Gasteiger partial charge is 0.435 e. The fraction of sp³-hybridized carbons (Fsp3) is 0.500. The van der Waals surface area contributed by atoms with Crippen molar-refractivity contribution >= 4 is 34.5 Å². The monoisotopic (exact) mass is 500 g/mol. The van der Waals surface area contributed by atoms with Gasteiger partial charge in [-0.3, -0.25) is 4.90 Å². The molecule has 0 radical (unpaired) electrons. The van der Waals surface area contributed by atoms with Crippen molar-refractivity contribution in [1.82, 2.24) is 24.6 Å². The van der Waals surface area contributed by atoms with Crippen LogP contribution in [-0.2, 0) is 4.74 Å². The second-order valence-electron chi connectivity index (χ2n) is 9.98. The van der Waals surface area contributed by atoms with Crippen LogP contribution in [0.3, 0.4) is 0 Å². The van der Waals surface area contributed by atoms with Gasteiger partial charge in [0.1, 0.15) is 28.1 Å². The molecule has 0 saturated carbocycles. The number of hydrogen-bond donors (Lipinski definition) is 1. The van der Waals surface area contributed by atoms with Crippen LogP contribution >= 0.6 is 11.6 Å². The highest BCUT2D eigenvalue weighted by Gasteiger charge is 2.35. The summed E-state index contributed by atoms with van der Waals surface area (Å²) in [6.07, 6.45) is 1.65. The lowest BCUT2D eigenvalue weighted by atomic mass is 10.1. The number of methoxy groups -OCH3 is 1. The predicted octanol–water partition coefficient (Wildman–Crippen LogP) is 3.19. The van der Waals surface area contributed by atoms with Crippen LogP contribution in [0.2, 0.25) is 5.15 Å². The molecule has 1 N–H and O–H groups in total. The number of piperazine rings is 1. The molecule has 0 spiro atoms.